The zero-order valence-electron chi connectivity index (χ0n) is 7.44. The van der Waals surface area contributed by atoms with E-state index < -0.39 is 0 Å². The first-order valence-electron chi connectivity index (χ1n) is 4.39. The Kier molecular flexibility index (Phi) is 2.32. The van der Waals surface area contributed by atoms with Gasteiger partial charge in [0.1, 0.15) is 0 Å². The number of hydrogen-bond acceptors (Lipinski definition) is 2. The molecule has 13 heavy (non-hydrogen) atoms. The third-order valence-corrected chi connectivity index (χ3v) is 2.51. The second-order valence-electron chi connectivity index (χ2n) is 3.32. The molecule has 0 saturated heterocycles. The molecule has 1 aliphatic heterocycles. The Morgan fingerprint density at radius 3 is 2.92 bits per heavy atom. The number of halogens is 1. The molecular formula is C10H11ClN2. The van der Waals surface area contributed by atoms with Gasteiger partial charge in [-0.3, -0.25) is 0 Å². The van der Waals surface area contributed by atoms with Crippen LogP contribution in [0.3, 0.4) is 0 Å². The van der Waals surface area contributed by atoms with E-state index >= 15 is 0 Å². The van der Waals surface area contributed by atoms with Crippen molar-refractivity contribution in [1.29, 1.82) is 0 Å². The maximum atomic E-state index is 6.06. The van der Waals surface area contributed by atoms with Gasteiger partial charge >= 0.3 is 0 Å². The van der Waals surface area contributed by atoms with Crippen molar-refractivity contribution >= 4 is 11.6 Å². The Hall–Kier alpha value is -0.890. The lowest BCUT2D eigenvalue weighted by atomic mass is 10.0. The van der Waals surface area contributed by atoms with Gasteiger partial charge in [-0.05, 0) is 24.5 Å². The molecule has 0 N–H and O–H groups in total. The van der Waals surface area contributed by atoms with E-state index in [1.54, 1.807) is 0 Å². The average Bonchev–Trinajstić information content (AvgIpc) is 2.27. The molecule has 2 unspecified atom stereocenters. The van der Waals surface area contributed by atoms with E-state index in [0.717, 1.165) is 12.0 Å². The predicted octanol–water partition coefficient (Wildman–Crippen LogP) is 3.32. The number of hydrogen-bond donors (Lipinski definition) is 0. The van der Waals surface area contributed by atoms with Crippen molar-refractivity contribution in [2.75, 3.05) is 0 Å². The van der Waals surface area contributed by atoms with Gasteiger partial charge in [-0.25, -0.2) is 0 Å². The van der Waals surface area contributed by atoms with Crippen LogP contribution in [0.25, 0.3) is 0 Å². The van der Waals surface area contributed by atoms with E-state index in [0.29, 0.717) is 0 Å². The molecule has 2 nitrogen and oxygen atoms in total. The fraction of sp³-hybridized carbons (Fsp3) is 0.400. The SMILES string of the molecule is CC1Cc2ccccc2C(Cl)N=N1. The molecule has 1 aromatic rings. The lowest BCUT2D eigenvalue weighted by Gasteiger charge is -2.07. The van der Waals surface area contributed by atoms with Gasteiger partial charge < -0.3 is 0 Å². The molecule has 1 aliphatic rings. The Morgan fingerprint density at radius 1 is 1.31 bits per heavy atom. The van der Waals surface area contributed by atoms with Gasteiger partial charge in [-0.2, -0.15) is 10.2 Å². The molecule has 2 rings (SSSR count). The molecular weight excluding hydrogens is 184 g/mol. The Labute approximate surface area is 82.6 Å². The molecule has 2 atom stereocenters. The lowest BCUT2D eigenvalue weighted by Crippen LogP contribution is -2.01. The Morgan fingerprint density at radius 2 is 2.08 bits per heavy atom. The van der Waals surface area contributed by atoms with Crippen LogP contribution in [-0.4, -0.2) is 6.04 Å². The fourth-order valence-electron chi connectivity index (χ4n) is 1.55. The van der Waals surface area contributed by atoms with Crippen LogP contribution < -0.4 is 0 Å². The fourth-order valence-corrected chi connectivity index (χ4v) is 1.81. The standard InChI is InChI=1S/C10H11ClN2/c1-7-6-8-4-2-3-5-9(8)10(11)13-12-7/h2-5,7,10H,6H2,1H3. The summed E-state index contributed by atoms with van der Waals surface area (Å²) in [5.74, 6) is 0. The minimum atomic E-state index is -0.304. The summed E-state index contributed by atoms with van der Waals surface area (Å²) in [7, 11) is 0. The summed E-state index contributed by atoms with van der Waals surface area (Å²) in [4.78, 5) is 0. The minimum absolute atomic E-state index is 0.241. The quantitative estimate of drug-likeness (QED) is 0.447. The van der Waals surface area contributed by atoms with Crippen molar-refractivity contribution in [2.45, 2.75) is 24.9 Å². The van der Waals surface area contributed by atoms with Crippen LogP contribution >= 0.6 is 11.6 Å². The van der Waals surface area contributed by atoms with Gasteiger partial charge in [-0.1, -0.05) is 35.9 Å². The molecule has 0 amide bonds. The summed E-state index contributed by atoms with van der Waals surface area (Å²) in [6, 6.07) is 8.37. The van der Waals surface area contributed by atoms with Crippen LogP contribution in [0.4, 0.5) is 0 Å². The summed E-state index contributed by atoms with van der Waals surface area (Å²) in [5, 5.41) is 8.15. The molecule has 1 aromatic carbocycles. The molecule has 0 spiro atoms. The zero-order chi connectivity index (χ0) is 9.26. The van der Waals surface area contributed by atoms with Gasteiger partial charge in [0.25, 0.3) is 0 Å². The predicted molar refractivity (Wildman–Crippen MR) is 53.1 cm³/mol. The van der Waals surface area contributed by atoms with Crippen molar-refractivity contribution in [2.24, 2.45) is 10.2 Å². The maximum Gasteiger partial charge on any atom is 0.169 e. The molecule has 1 heterocycles. The van der Waals surface area contributed by atoms with Crippen LogP contribution in [0.1, 0.15) is 23.6 Å². The first kappa shape index (κ1) is 8.70. The van der Waals surface area contributed by atoms with Crippen LogP contribution in [0.15, 0.2) is 34.5 Å². The van der Waals surface area contributed by atoms with E-state index in [1.165, 1.54) is 5.56 Å². The molecule has 0 aromatic heterocycles. The number of benzene rings is 1. The summed E-state index contributed by atoms with van der Waals surface area (Å²) in [6.07, 6.45) is 0.933. The van der Waals surface area contributed by atoms with E-state index in [9.17, 15) is 0 Å². The Bertz CT molecular complexity index is 335. The number of fused-ring (bicyclic) bond motifs is 1. The third kappa shape index (κ3) is 1.73. The highest BCUT2D eigenvalue weighted by Gasteiger charge is 2.16. The smallest absolute Gasteiger partial charge is 0.169 e. The molecule has 0 bridgehead atoms. The highest BCUT2D eigenvalue weighted by molar-refractivity contribution is 6.20. The van der Waals surface area contributed by atoms with Crippen LogP contribution in [0.2, 0.25) is 0 Å². The minimum Gasteiger partial charge on any atom is -0.189 e. The topological polar surface area (TPSA) is 24.7 Å². The second-order valence-corrected chi connectivity index (χ2v) is 3.73. The molecule has 0 saturated carbocycles. The van der Waals surface area contributed by atoms with Gasteiger partial charge in [0.15, 0.2) is 5.50 Å². The Balaban J connectivity index is 2.45. The molecule has 0 fully saturated rings. The van der Waals surface area contributed by atoms with Crippen molar-refractivity contribution in [3.63, 3.8) is 0 Å². The largest absolute Gasteiger partial charge is 0.189 e. The van der Waals surface area contributed by atoms with Crippen molar-refractivity contribution < 1.29 is 0 Å². The van der Waals surface area contributed by atoms with E-state index in [-0.39, 0.29) is 11.5 Å². The number of rotatable bonds is 0. The van der Waals surface area contributed by atoms with Crippen molar-refractivity contribution in [3.05, 3.63) is 35.4 Å². The number of alkyl halides is 1. The first-order chi connectivity index (χ1) is 6.27. The van der Waals surface area contributed by atoms with Crippen LogP contribution in [-0.2, 0) is 6.42 Å². The second kappa shape index (κ2) is 3.46. The highest BCUT2D eigenvalue weighted by atomic mass is 35.5. The molecule has 0 radical (unpaired) electrons. The normalized spacial score (nSPS) is 26.6. The first-order valence-corrected chi connectivity index (χ1v) is 4.83. The van der Waals surface area contributed by atoms with Crippen LogP contribution in [0.5, 0.6) is 0 Å². The van der Waals surface area contributed by atoms with Gasteiger partial charge in [0.05, 0.1) is 6.04 Å². The maximum absolute atomic E-state index is 6.06. The lowest BCUT2D eigenvalue weighted by molar-refractivity contribution is 0.694. The van der Waals surface area contributed by atoms with E-state index in [4.69, 9.17) is 11.6 Å². The van der Waals surface area contributed by atoms with Crippen molar-refractivity contribution in [1.82, 2.24) is 0 Å². The van der Waals surface area contributed by atoms with E-state index in [1.807, 2.05) is 18.2 Å². The molecule has 68 valence electrons. The molecule has 3 heteroatoms. The number of nitrogens with zero attached hydrogens (tertiary/aromatic N) is 2. The number of azo groups is 1. The highest BCUT2D eigenvalue weighted by Crippen LogP contribution is 2.29. The summed E-state index contributed by atoms with van der Waals surface area (Å²) >= 11 is 6.06. The summed E-state index contributed by atoms with van der Waals surface area (Å²) in [6.45, 7) is 2.05. The molecule has 0 aliphatic carbocycles. The van der Waals surface area contributed by atoms with Crippen LogP contribution in [0, 0.1) is 0 Å². The monoisotopic (exact) mass is 194 g/mol. The van der Waals surface area contributed by atoms with E-state index in [2.05, 4.69) is 23.2 Å². The zero-order valence-corrected chi connectivity index (χ0v) is 8.20. The van der Waals surface area contributed by atoms with Gasteiger partial charge in [0.2, 0.25) is 0 Å². The van der Waals surface area contributed by atoms with Crippen molar-refractivity contribution in [3.8, 4) is 0 Å². The summed E-state index contributed by atoms with van der Waals surface area (Å²) < 4.78 is 0. The third-order valence-electron chi connectivity index (χ3n) is 2.19. The van der Waals surface area contributed by atoms with Gasteiger partial charge in [0, 0.05) is 0 Å². The average molecular weight is 195 g/mol. The summed E-state index contributed by atoms with van der Waals surface area (Å²) in [5.41, 5.74) is 2.05. The van der Waals surface area contributed by atoms with Gasteiger partial charge in [-0.15, -0.1) is 0 Å².